The minimum atomic E-state index is -0.561. The van der Waals surface area contributed by atoms with Crippen molar-refractivity contribution in [2.24, 2.45) is 5.73 Å². The summed E-state index contributed by atoms with van der Waals surface area (Å²) in [6.07, 6.45) is 0. The fourth-order valence-electron chi connectivity index (χ4n) is 2.38. The predicted molar refractivity (Wildman–Crippen MR) is 72.8 cm³/mol. The minimum Gasteiger partial charge on any atom is -0.454 e. The first kappa shape index (κ1) is 12.8. The van der Waals surface area contributed by atoms with E-state index < -0.39 is 11.9 Å². The Morgan fingerprint density at radius 2 is 2.15 bits per heavy atom. The first-order valence-electron chi connectivity index (χ1n) is 5.85. The van der Waals surface area contributed by atoms with Crippen LogP contribution in [-0.4, -0.2) is 12.6 Å². The van der Waals surface area contributed by atoms with Gasteiger partial charge in [-0.15, -0.1) is 0 Å². The van der Waals surface area contributed by atoms with Crippen molar-refractivity contribution in [3.05, 3.63) is 57.1 Å². The van der Waals surface area contributed by atoms with Gasteiger partial charge in [0.05, 0.1) is 11.5 Å². The molecule has 1 aromatic rings. The molecule has 0 saturated heterocycles. The zero-order chi connectivity index (χ0) is 14.3. The third-order valence-electron chi connectivity index (χ3n) is 3.27. The van der Waals surface area contributed by atoms with Crippen LogP contribution in [0, 0.1) is 11.3 Å². The lowest BCUT2D eigenvalue weighted by molar-refractivity contribution is -0.136. The lowest BCUT2D eigenvalue weighted by atomic mass is 9.83. The summed E-state index contributed by atoms with van der Waals surface area (Å²) in [7, 11) is 0. The van der Waals surface area contributed by atoms with Gasteiger partial charge in [0.2, 0.25) is 5.88 Å². The summed E-state index contributed by atoms with van der Waals surface area (Å²) in [5, 5.41) is 9.33. The van der Waals surface area contributed by atoms with Crippen molar-refractivity contribution < 1.29 is 14.3 Å². The van der Waals surface area contributed by atoms with Gasteiger partial charge >= 0.3 is 5.97 Å². The van der Waals surface area contributed by atoms with Crippen molar-refractivity contribution in [2.75, 3.05) is 6.61 Å². The molecule has 2 N–H and O–H groups in total. The van der Waals surface area contributed by atoms with Gasteiger partial charge in [-0.3, -0.25) is 0 Å². The van der Waals surface area contributed by atoms with E-state index in [2.05, 4.69) is 15.9 Å². The van der Waals surface area contributed by atoms with Crippen molar-refractivity contribution in [2.45, 2.75) is 5.92 Å². The maximum absolute atomic E-state index is 11.9. The number of esters is 1. The van der Waals surface area contributed by atoms with E-state index in [0.717, 1.165) is 10.0 Å². The highest BCUT2D eigenvalue weighted by molar-refractivity contribution is 9.10. The molecule has 2 aliphatic heterocycles. The van der Waals surface area contributed by atoms with Gasteiger partial charge in [0.25, 0.3) is 0 Å². The van der Waals surface area contributed by atoms with Crippen LogP contribution < -0.4 is 5.73 Å². The number of halogens is 1. The molecule has 0 saturated carbocycles. The Labute approximate surface area is 123 Å². The Kier molecular flexibility index (Phi) is 2.99. The Hall–Kier alpha value is -2.26. The molecule has 0 radical (unpaired) electrons. The number of allylic oxidation sites excluding steroid dienone is 1. The average Bonchev–Trinajstić information content (AvgIpc) is 2.79. The van der Waals surface area contributed by atoms with E-state index in [1.54, 1.807) is 0 Å². The zero-order valence-corrected chi connectivity index (χ0v) is 11.8. The van der Waals surface area contributed by atoms with Crippen molar-refractivity contribution >= 4 is 21.9 Å². The summed E-state index contributed by atoms with van der Waals surface area (Å²) in [6.45, 7) is 0.0501. The molecule has 0 amide bonds. The van der Waals surface area contributed by atoms with Gasteiger partial charge < -0.3 is 15.2 Å². The highest BCUT2D eigenvalue weighted by atomic mass is 79.9. The number of nitrogens with two attached hydrogens (primary N) is 1. The predicted octanol–water partition coefficient (Wildman–Crippen LogP) is 2.07. The number of cyclic esters (lactones) is 1. The maximum atomic E-state index is 11.9. The molecule has 2 heterocycles. The molecule has 1 aromatic carbocycles. The van der Waals surface area contributed by atoms with Gasteiger partial charge in [0.1, 0.15) is 18.2 Å². The Bertz CT molecular complexity index is 715. The van der Waals surface area contributed by atoms with Gasteiger partial charge in [-0.1, -0.05) is 34.1 Å². The molecule has 0 aliphatic carbocycles. The fraction of sp³-hybridized carbons (Fsp3) is 0.143. The number of rotatable bonds is 1. The molecule has 20 heavy (non-hydrogen) atoms. The Morgan fingerprint density at radius 1 is 1.40 bits per heavy atom. The number of benzene rings is 1. The Morgan fingerprint density at radius 3 is 2.85 bits per heavy atom. The highest BCUT2D eigenvalue weighted by Crippen LogP contribution is 2.43. The molecule has 1 atom stereocenters. The number of nitriles is 1. The topological polar surface area (TPSA) is 85.3 Å². The maximum Gasteiger partial charge on any atom is 0.339 e. The van der Waals surface area contributed by atoms with Crippen LogP contribution in [0.5, 0.6) is 0 Å². The molecule has 2 aliphatic rings. The monoisotopic (exact) mass is 332 g/mol. The van der Waals surface area contributed by atoms with E-state index in [0.29, 0.717) is 11.3 Å². The van der Waals surface area contributed by atoms with E-state index in [1.807, 2.05) is 30.3 Å². The molecule has 0 fully saturated rings. The van der Waals surface area contributed by atoms with Crippen LogP contribution in [0.4, 0.5) is 0 Å². The largest absolute Gasteiger partial charge is 0.454 e. The normalized spacial score (nSPS) is 21.2. The van der Waals surface area contributed by atoms with Crippen molar-refractivity contribution in [1.82, 2.24) is 0 Å². The molecular weight excluding hydrogens is 324 g/mol. The minimum absolute atomic E-state index is 0.0188. The zero-order valence-electron chi connectivity index (χ0n) is 10.2. The second-order valence-electron chi connectivity index (χ2n) is 4.36. The van der Waals surface area contributed by atoms with E-state index in [-0.39, 0.29) is 18.1 Å². The first-order valence-corrected chi connectivity index (χ1v) is 6.65. The molecule has 0 bridgehead atoms. The first-order chi connectivity index (χ1) is 9.63. The second kappa shape index (κ2) is 4.69. The fourth-order valence-corrected chi connectivity index (χ4v) is 2.89. The molecule has 0 unspecified atom stereocenters. The van der Waals surface area contributed by atoms with Crippen LogP contribution in [0.15, 0.2) is 51.5 Å². The number of carbonyl (C=O) groups excluding carboxylic acids is 1. The summed E-state index contributed by atoms with van der Waals surface area (Å²) in [4.78, 5) is 11.9. The molecule has 0 aromatic heterocycles. The lowest BCUT2D eigenvalue weighted by Gasteiger charge is -2.24. The summed E-state index contributed by atoms with van der Waals surface area (Å²) in [6, 6.07) is 9.40. The molecule has 6 heteroatoms. The van der Waals surface area contributed by atoms with E-state index in [9.17, 15) is 10.1 Å². The van der Waals surface area contributed by atoms with E-state index in [1.165, 1.54) is 0 Å². The van der Waals surface area contributed by atoms with Crippen LogP contribution in [0.3, 0.4) is 0 Å². The summed E-state index contributed by atoms with van der Waals surface area (Å²) in [5.74, 6) is -0.632. The van der Waals surface area contributed by atoms with Crippen LogP contribution in [0.2, 0.25) is 0 Å². The van der Waals surface area contributed by atoms with Gasteiger partial charge in [0.15, 0.2) is 5.76 Å². The summed E-state index contributed by atoms with van der Waals surface area (Å²) < 4.78 is 11.1. The van der Waals surface area contributed by atoms with Gasteiger partial charge in [-0.2, -0.15) is 5.26 Å². The van der Waals surface area contributed by atoms with Gasteiger partial charge in [-0.25, -0.2) is 4.79 Å². The van der Waals surface area contributed by atoms with E-state index >= 15 is 0 Å². The number of hydrogen-bond donors (Lipinski definition) is 1. The molecule has 0 spiro atoms. The SMILES string of the molecule is N#CC1=C(N)OC2=C(C(=O)OC2)[C@@H]1c1ccccc1Br. The lowest BCUT2D eigenvalue weighted by Crippen LogP contribution is -2.22. The average molecular weight is 333 g/mol. The third-order valence-corrected chi connectivity index (χ3v) is 3.99. The Balaban J connectivity index is 2.22. The van der Waals surface area contributed by atoms with Crippen molar-refractivity contribution in [1.29, 1.82) is 5.26 Å². The number of nitrogens with zero attached hydrogens (tertiary/aromatic N) is 1. The number of carbonyl (C=O) groups is 1. The van der Waals surface area contributed by atoms with Crippen LogP contribution in [-0.2, 0) is 14.3 Å². The number of ether oxygens (including phenoxy) is 2. The molecule has 100 valence electrons. The summed E-state index contributed by atoms with van der Waals surface area (Å²) in [5.41, 5.74) is 7.13. The smallest absolute Gasteiger partial charge is 0.339 e. The van der Waals surface area contributed by atoms with E-state index in [4.69, 9.17) is 15.2 Å². The van der Waals surface area contributed by atoms with Crippen LogP contribution in [0.1, 0.15) is 11.5 Å². The second-order valence-corrected chi connectivity index (χ2v) is 5.21. The quantitative estimate of drug-likeness (QED) is 0.795. The van der Waals surface area contributed by atoms with Gasteiger partial charge in [-0.05, 0) is 11.6 Å². The summed E-state index contributed by atoms with van der Waals surface area (Å²) >= 11 is 3.44. The molecule has 3 rings (SSSR count). The molecule has 5 nitrogen and oxygen atoms in total. The van der Waals surface area contributed by atoms with Crippen molar-refractivity contribution in [3.63, 3.8) is 0 Å². The third kappa shape index (κ3) is 1.79. The molecular formula is C14H9BrN2O3. The van der Waals surface area contributed by atoms with Crippen molar-refractivity contribution in [3.8, 4) is 6.07 Å². The van der Waals surface area contributed by atoms with Crippen LogP contribution in [0.25, 0.3) is 0 Å². The standard InChI is InChI=1S/C14H9BrN2O3/c15-9-4-2-1-3-7(9)11-8(5-16)13(17)20-10-6-19-14(18)12(10)11/h1-4,11H,6,17H2/t11-/m1/s1. The highest BCUT2D eigenvalue weighted by Gasteiger charge is 2.41. The number of hydrogen-bond acceptors (Lipinski definition) is 5. The van der Waals surface area contributed by atoms with Crippen LogP contribution >= 0.6 is 15.9 Å². The van der Waals surface area contributed by atoms with Gasteiger partial charge in [0, 0.05) is 4.47 Å².